The van der Waals surface area contributed by atoms with Gasteiger partial charge in [-0.15, -0.1) is 0 Å². The van der Waals surface area contributed by atoms with Crippen LogP contribution in [0.15, 0.2) is 104 Å². The summed E-state index contributed by atoms with van der Waals surface area (Å²) in [5, 5.41) is 3.27. The van der Waals surface area contributed by atoms with E-state index in [9.17, 15) is 4.11 Å². The van der Waals surface area contributed by atoms with Gasteiger partial charge in [-0.1, -0.05) is 109 Å². The third kappa shape index (κ3) is 11.8. The summed E-state index contributed by atoms with van der Waals surface area (Å²) in [6, 6.07) is 19.3. The number of benzene rings is 6. The standard InChI is InChI=1S/C28H31N2O.2C27H29N2O/c1-16-10-11-22-21-12-13-23(29-8)18(3)26(21)31-27(22)25(16)24-14-20(15-28(5,6)7)17(2)19(4)30(24)9;1-15(2)11-20-13-23(29(8)19(6)18(20)5)26-17(4)12-16(3)25-22-10-9-21(28-7)14-24(22)30-27(25)26;1-15(2)11-20-13-23(29(8)19(6)18(20)5)26-16(3)9-10-22-25-17(4)12-21(28-7)14-24(25)30-27(22)26/h10-14H,15H2,1-7,9H3;2*9-10,12-15H,11H2,1-6,8H3/q3*+1/i2D3,14D,15D2;3D3,5D3,11D2,13D;4D3,5D3,11D2,13D. The molecule has 9 nitrogen and oxygen atoms in total. The second kappa shape index (κ2) is 24.8. The lowest BCUT2D eigenvalue weighted by Gasteiger charge is -2.20. The number of aryl methyl sites for hydroxylation is 6. The SMILES string of the molecule is [2H]c1c(C([2H])([2H])C(C)(C)C)c(C([2H])([2H])[2H])c(C)[n+](C)c1-c1c(C)ccc2c1oc1c(C)c([N+]#[C-])ccc12.[2H]c1c(C([2H])([2H])C(C)C)c(C([2H])([2H])[2H])c(C)[n+](C)c1-c1c(C)cc(C([2H])([2H])[2H])c2c1oc1cc([N+]#[C-])ccc12.[2H]c1c(C([2H])([2H])C(C)C)c(C([2H])([2H])[2H])c(C)[n+](C)c1-c1c(C)ccc2c1oc1cc([N+]#[C-])cc(C([2H])([2H])[2H])c12. The first-order chi connectivity index (χ1) is 52.6. The summed E-state index contributed by atoms with van der Waals surface area (Å²) in [7, 11) is 4.94. The second-order valence-electron chi connectivity index (χ2n) is 24.9. The molecule has 0 N–H and O–H groups in total. The number of aromatic nitrogens is 3. The van der Waals surface area contributed by atoms with Crippen molar-refractivity contribution in [2.24, 2.45) is 38.4 Å². The van der Waals surface area contributed by atoms with E-state index in [0.29, 0.717) is 88.9 Å². The Hall–Kier alpha value is -9.36. The van der Waals surface area contributed by atoms with Crippen molar-refractivity contribution in [2.75, 3.05) is 0 Å². The maximum Gasteiger partial charge on any atom is 0.216 e. The Morgan fingerprint density at radius 3 is 1.44 bits per heavy atom. The third-order valence-corrected chi connectivity index (χ3v) is 16.6. The van der Waals surface area contributed by atoms with Gasteiger partial charge in [0.15, 0.2) is 34.1 Å². The highest BCUT2D eigenvalue weighted by atomic mass is 16.3. The lowest BCUT2D eigenvalue weighted by molar-refractivity contribution is -0.667. The van der Waals surface area contributed by atoms with Crippen LogP contribution in [-0.2, 0) is 40.3 Å². The van der Waals surface area contributed by atoms with Gasteiger partial charge in [0, 0.05) is 117 Å². The second-order valence-corrected chi connectivity index (χ2v) is 24.9. The van der Waals surface area contributed by atoms with Crippen LogP contribution in [0.1, 0.15) is 165 Å². The fraction of sp³-hybridized carbons (Fsp3) is 0.341. The fourth-order valence-corrected chi connectivity index (χ4v) is 11.7. The summed E-state index contributed by atoms with van der Waals surface area (Å²) in [6.45, 7) is 33.0. The number of pyridine rings is 3. The van der Waals surface area contributed by atoms with E-state index in [-0.39, 0.29) is 108 Å². The van der Waals surface area contributed by atoms with E-state index in [1.165, 1.54) is 24.3 Å². The van der Waals surface area contributed by atoms with E-state index >= 15 is 0 Å². The zero-order valence-corrected chi connectivity index (χ0v) is 54.5. The molecule has 12 rings (SSSR count). The largest absolute Gasteiger partial charge is 0.456 e. The van der Waals surface area contributed by atoms with Crippen LogP contribution < -0.4 is 13.7 Å². The minimum atomic E-state index is -2.68. The molecule has 0 unspecified atom stereocenters. The first-order valence-electron chi connectivity index (χ1n) is 41.8. The summed E-state index contributed by atoms with van der Waals surface area (Å²) in [5.74, 6) is -1.26. The van der Waals surface area contributed by atoms with Gasteiger partial charge in [0.05, 0.1) is 40.5 Å². The van der Waals surface area contributed by atoms with Gasteiger partial charge < -0.3 is 13.3 Å². The van der Waals surface area contributed by atoms with E-state index in [1.807, 2.05) is 32.0 Å². The number of fused-ring (bicyclic) bond motifs is 9. The van der Waals surface area contributed by atoms with Crippen molar-refractivity contribution >= 4 is 82.9 Å². The molecule has 0 aliphatic carbocycles. The molecule has 462 valence electrons. The van der Waals surface area contributed by atoms with Gasteiger partial charge in [-0.25, -0.2) is 14.5 Å². The van der Waals surface area contributed by atoms with Crippen molar-refractivity contribution in [1.29, 1.82) is 0 Å². The van der Waals surface area contributed by atoms with Gasteiger partial charge in [-0.3, -0.25) is 0 Å². The zero-order valence-electron chi connectivity index (χ0n) is 78.5. The molecule has 91 heavy (non-hydrogen) atoms. The van der Waals surface area contributed by atoms with Crippen molar-refractivity contribution in [3.63, 3.8) is 0 Å². The van der Waals surface area contributed by atoms with E-state index < -0.39 is 70.6 Å². The van der Waals surface area contributed by atoms with E-state index in [2.05, 4.69) is 14.5 Å². The summed E-state index contributed by atoms with van der Waals surface area (Å²) in [5.41, 5.74) is 6.82. The quantitative estimate of drug-likeness (QED) is 0.112. The lowest BCUT2D eigenvalue weighted by Crippen LogP contribution is -2.36. The molecule has 6 aromatic heterocycles. The van der Waals surface area contributed by atoms with Crippen LogP contribution in [0.25, 0.3) is 114 Å². The molecule has 0 bridgehead atoms. The first kappa shape index (κ1) is 40.4. The normalized spacial score (nSPS) is 16.7. The fourth-order valence-electron chi connectivity index (χ4n) is 11.7. The number of rotatable bonds is 8. The highest BCUT2D eigenvalue weighted by molar-refractivity contribution is 6.14. The molecular weight excluding hydrogens is 1120 g/mol. The monoisotopic (exact) mass is 1230 g/mol. The van der Waals surface area contributed by atoms with Crippen LogP contribution >= 0.6 is 0 Å². The molecule has 0 radical (unpaired) electrons. The van der Waals surface area contributed by atoms with E-state index in [1.54, 1.807) is 148 Å². The number of furan rings is 3. The molecule has 0 amide bonds. The molecule has 0 fully saturated rings. The van der Waals surface area contributed by atoms with Gasteiger partial charge in [0.25, 0.3) is 0 Å². The van der Waals surface area contributed by atoms with Gasteiger partial charge in [0.2, 0.25) is 17.1 Å². The predicted molar refractivity (Wildman–Crippen MR) is 377 cm³/mol. The molecule has 9 heteroatoms. The molecule has 0 aliphatic heterocycles. The third-order valence-electron chi connectivity index (χ3n) is 16.6. The Bertz CT molecular complexity index is 6190. The van der Waals surface area contributed by atoms with Crippen LogP contribution in [0.3, 0.4) is 0 Å². The molecular formula is C82H89N6O3+3. The molecule has 0 aliphatic rings. The Labute approximate surface area is 572 Å². The van der Waals surface area contributed by atoms with Crippen LogP contribution in [0.4, 0.5) is 17.1 Å². The van der Waals surface area contributed by atoms with Gasteiger partial charge in [0.1, 0.15) is 54.6 Å². The van der Waals surface area contributed by atoms with E-state index in [0.717, 1.165) is 21.9 Å². The maximum atomic E-state index is 9.30. The highest BCUT2D eigenvalue weighted by Crippen LogP contribution is 2.44. The van der Waals surface area contributed by atoms with E-state index in [4.69, 9.17) is 61.8 Å². The first-order valence-corrected chi connectivity index (χ1v) is 29.8. The van der Waals surface area contributed by atoms with Crippen LogP contribution in [0.5, 0.6) is 0 Å². The average molecular weight is 1230 g/mol. The Morgan fingerprint density at radius 1 is 0.462 bits per heavy atom. The number of hydrogen-bond acceptors (Lipinski definition) is 3. The topological polar surface area (TPSA) is 64.1 Å². The van der Waals surface area contributed by atoms with Crippen molar-refractivity contribution in [1.82, 2.24) is 0 Å². The summed E-state index contributed by atoms with van der Waals surface area (Å²) >= 11 is 0. The molecule has 6 heterocycles. The minimum Gasteiger partial charge on any atom is -0.456 e. The predicted octanol–water partition coefficient (Wildman–Crippen LogP) is 21.6. The average Bonchev–Trinajstić information content (AvgIpc) is 1.69. The lowest BCUT2D eigenvalue weighted by atomic mass is 9.85. The van der Waals surface area contributed by atoms with Crippen molar-refractivity contribution in [3.05, 3.63) is 209 Å². The molecule has 0 atom stereocenters. The van der Waals surface area contributed by atoms with Crippen LogP contribution in [0.2, 0.25) is 0 Å². The smallest absolute Gasteiger partial charge is 0.216 e. The Balaban J connectivity index is 0.000000182. The molecule has 12 aromatic rings. The minimum absolute atomic E-state index is 0.0271. The van der Waals surface area contributed by atoms with Crippen LogP contribution in [0, 0.1) is 120 Å². The van der Waals surface area contributed by atoms with Crippen molar-refractivity contribution < 1.29 is 59.9 Å². The summed E-state index contributed by atoms with van der Waals surface area (Å²) in [6.07, 6.45) is -6.40. The van der Waals surface area contributed by atoms with Gasteiger partial charge in [-0.05, 0) is 161 Å². The zero-order chi connectivity index (χ0) is 86.6. The molecule has 6 aromatic carbocycles. The van der Waals surface area contributed by atoms with Gasteiger partial charge >= 0.3 is 0 Å². The van der Waals surface area contributed by atoms with Gasteiger partial charge in [-0.2, -0.15) is 13.7 Å². The van der Waals surface area contributed by atoms with Crippen LogP contribution in [-0.4, -0.2) is 0 Å². The number of hydrogen-bond donors (Lipinski definition) is 0. The van der Waals surface area contributed by atoms with Crippen molar-refractivity contribution in [2.45, 2.75) is 150 Å². The molecule has 0 saturated carbocycles. The molecule has 0 spiro atoms. The molecule has 0 saturated heterocycles. The highest BCUT2D eigenvalue weighted by Gasteiger charge is 2.30. The maximum absolute atomic E-state index is 9.30. The number of nitrogens with zero attached hydrogens (tertiary/aromatic N) is 6. The summed E-state index contributed by atoms with van der Waals surface area (Å²) < 4.78 is 227. The Morgan fingerprint density at radius 2 is 0.923 bits per heavy atom. The summed E-state index contributed by atoms with van der Waals surface area (Å²) in [4.78, 5) is 10.4. The Kier molecular flexibility index (Phi) is 11.0. The van der Waals surface area contributed by atoms with Crippen molar-refractivity contribution in [3.8, 4) is 33.8 Å².